The van der Waals surface area contributed by atoms with Gasteiger partial charge in [0.1, 0.15) is 11.5 Å². The number of hydrogen-bond acceptors (Lipinski definition) is 5. The van der Waals surface area contributed by atoms with Crippen molar-refractivity contribution in [2.24, 2.45) is 11.8 Å². The maximum absolute atomic E-state index is 5.64. The Morgan fingerprint density at radius 3 is 1.86 bits per heavy atom. The normalized spacial score (nSPS) is 24.9. The lowest BCUT2D eigenvalue weighted by Crippen LogP contribution is -2.13. The number of hydrogen-bond donors (Lipinski definition) is 1. The van der Waals surface area contributed by atoms with Gasteiger partial charge in [-0.2, -0.15) is 0 Å². The molecule has 2 atom stereocenters. The average Bonchev–Trinajstić information content (AvgIpc) is 3.36. The fraction of sp³-hybridized carbons (Fsp3) is 0.417. The van der Waals surface area contributed by atoms with Crippen LogP contribution in [0.3, 0.4) is 0 Å². The third-order valence-corrected chi connectivity index (χ3v) is 6.66. The highest BCUT2D eigenvalue weighted by Gasteiger charge is 2.36. The first-order valence-electron chi connectivity index (χ1n) is 10.5. The van der Waals surface area contributed by atoms with Crippen molar-refractivity contribution < 1.29 is 18.9 Å². The smallest absolute Gasteiger partial charge is 0.189 e. The zero-order valence-corrected chi connectivity index (χ0v) is 16.4. The van der Waals surface area contributed by atoms with Crippen LogP contribution in [-0.4, -0.2) is 26.7 Å². The maximum Gasteiger partial charge on any atom is 0.189 e. The summed E-state index contributed by atoms with van der Waals surface area (Å²) in [5, 5.41) is 3.56. The second-order valence-electron chi connectivity index (χ2n) is 8.43. The van der Waals surface area contributed by atoms with Gasteiger partial charge in [0.15, 0.2) is 13.6 Å². The monoisotopic (exact) mass is 391 g/mol. The van der Waals surface area contributed by atoms with Crippen molar-refractivity contribution in [2.45, 2.75) is 26.1 Å². The SMILES string of the molecule is c1cc2c(cc1C(=C1CC3CNCC3C1)c1ccc3c(c1)COCO3)COCO2. The van der Waals surface area contributed by atoms with E-state index in [1.54, 1.807) is 5.57 Å². The van der Waals surface area contributed by atoms with Crippen molar-refractivity contribution in [1.82, 2.24) is 5.32 Å². The molecule has 0 amide bonds. The highest BCUT2D eigenvalue weighted by atomic mass is 16.7. The van der Waals surface area contributed by atoms with Crippen LogP contribution in [0.1, 0.15) is 35.1 Å². The van der Waals surface area contributed by atoms with E-state index in [9.17, 15) is 0 Å². The van der Waals surface area contributed by atoms with E-state index in [1.165, 1.54) is 29.5 Å². The first-order chi connectivity index (χ1) is 14.3. The summed E-state index contributed by atoms with van der Waals surface area (Å²) >= 11 is 0. The molecular formula is C24H25NO4. The lowest BCUT2D eigenvalue weighted by atomic mass is 9.89. The van der Waals surface area contributed by atoms with Gasteiger partial charge in [-0.05, 0) is 78.7 Å². The number of fused-ring (bicyclic) bond motifs is 3. The van der Waals surface area contributed by atoms with Crippen LogP contribution < -0.4 is 14.8 Å². The fourth-order valence-electron chi connectivity index (χ4n) is 5.25. The third-order valence-electron chi connectivity index (χ3n) is 6.66. The maximum atomic E-state index is 5.64. The van der Waals surface area contributed by atoms with Crippen molar-refractivity contribution in [2.75, 3.05) is 26.7 Å². The Kier molecular flexibility index (Phi) is 4.33. The molecule has 2 fully saturated rings. The molecule has 5 nitrogen and oxygen atoms in total. The molecule has 29 heavy (non-hydrogen) atoms. The van der Waals surface area contributed by atoms with Crippen LogP contribution in [0.5, 0.6) is 11.5 Å². The minimum absolute atomic E-state index is 0.335. The van der Waals surface area contributed by atoms with E-state index in [1.807, 2.05) is 0 Å². The Bertz CT molecular complexity index is 907. The fourth-order valence-corrected chi connectivity index (χ4v) is 5.25. The van der Waals surface area contributed by atoms with Crippen LogP contribution in [0, 0.1) is 11.8 Å². The van der Waals surface area contributed by atoms with Crippen LogP contribution in [0.25, 0.3) is 5.57 Å². The van der Waals surface area contributed by atoms with E-state index in [0.29, 0.717) is 26.8 Å². The molecule has 1 saturated heterocycles. The number of nitrogens with one attached hydrogen (secondary N) is 1. The van der Waals surface area contributed by atoms with Gasteiger partial charge in [0.25, 0.3) is 0 Å². The van der Waals surface area contributed by atoms with Gasteiger partial charge in [-0.25, -0.2) is 0 Å². The molecule has 150 valence electrons. The first kappa shape index (κ1) is 17.5. The summed E-state index contributed by atoms with van der Waals surface area (Å²) < 4.78 is 22.3. The molecular weight excluding hydrogens is 366 g/mol. The highest BCUT2D eigenvalue weighted by molar-refractivity contribution is 5.83. The standard InChI is InChI=1S/C24H25NO4/c1-3-22-20(11-26-13-28-22)5-15(1)24(17-7-18-9-25-10-19(18)8-17)16-2-4-23-21(6-16)12-27-14-29-23/h1-6,18-19,25H,7-14H2. The molecule has 2 aromatic rings. The lowest BCUT2D eigenvalue weighted by Gasteiger charge is -2.22. The first-order valence-corrected chi connectivity index (χ1v) is 10.5. The summed E-state index contributed by atoms with van der Waals surface area (Å²) in [6, 6.07) is 13.1. The zero-order chi connectivity index (χ0) is 19.2. The van der Waals surface area contributed by atoms with Crippen LogP contribution in [-0.2, 0) is 22.7 Å². The Morgan fingerprint density at radius 2 is 1.31 bits per heavy atom. The average molecular weight is 391 g/mol. The molecule has 1 aliphatic carbocycles. The molecule has 0 aromatic heterocycles. The predicted molar refractivity (Wildman–Crippen MR) is 109 cm³/mol. The van der Waals surface area contributed by atoms with Gasteiger partial charge in [-0.1, -0.05) is 17.7 Å². The van der Waals surface area contributed by atoms with Crippen molar-refractivity contribution in [3.05, 3.63) is 64.2 Å². The molecule has 0 radical (unpaired) electrons. The number of benzene rings is 2. The van der Waals surface area contributed by atoms with Crippen molar-refractivity contribution in [3.63, 3.8) is 0 Å². The molecule has 6 rings (SSSR count). The zero-order valence-electron chi connectivity index (χ0n) is 16.4. The van der Waals surface area contributed by atoms with E-state index in [4.69, 9.17) is 18.9 Å². The van der Waals surface area contributed by atoms with E-state index in [2.05, 4.69) is 41.7 Å². The van der Waals surface area contributed by atoms with E-state index in [0.717, 1.165) is 47.6 Å². The van der Waals surface area contributed by atoms with Crippen LogP contribution >= 0.6 is 0 Å². The van der Waals surface area contributed by atoms with Gasteiger partial charge in [0, 0.05) is 11.1 Å². The topological polar surface area (TPSA) is 49.0 Å². The molecule has 2 aromatic carbocycles. The molecule has 0 spiro atoms. The lowest BCUT2D eigenvalue weighted by molar-refractivity contribution is -0.0164. The number of ether oxygens (including phenoxy) is 4. The Hall–Kier alpha value is -2.34. The Balaban J connectivity index is 1.47. The van der Waals surface area contributed by atoms with Gasteiger partial charge < -0.3 is 24.3 Å². The van der Waals surface area contributed by atoms with Crippen molar-refractivity contribution in [3.8, 4) is 11.5 Å². The Morgan fingerprint density at radius 1 is 0.759 bits per heavy atom. The second-order valence-corrected chi connectivity index (χ2v) is 8.43. The van der Waals surface area contributed by atoms with Gasteiger partial charge >= 0.3 is 0 Å². The molecule has 1 saturated carbocycles. The van der Waals surface area contributed by atoms with Gasteiger partial charge in [0.05, 0.1) is 13.2 Å². The van der Waals surface area contributed by atoms with Crippen LogP contribution in [0.15, 0.2) is 42.0 Å². The summed E-state index contributed by atoms with van der Waals surface area (Å²) in [7, 11) is 0. The summed E-state index contributed by atoms with van der Waals surface area (Å²) in [5.74, 6) is 3.38. The van der Waals surface area contributed by atoms with Gasteiger partial charge in [0.2, 0.25) is 0 Å². The van der Waals surface area contributed by atoms with Crippen LogP contribution in [0.4, 0.5) is 0 Å². The van der Waals surface area contributed by atoms with E-state index in [-0.39, 0.29) is 0 Å². The predicted octanol–water partition coefficient (Wildman–Crippen LogP) is 3.85. The quantitative estimate of drug-likeness (QED) is 0.843. The minimum Gasteiger partial charge on any atom is -0.467 e. The third kappa shape index (κ3) is 3.14. The van der Waals surface area contributed by atoms with E-state index >= 15 is 0 Å². The van der Waals surface area contributed by atoms with E-state index < -0.39 is 0 Å². The largest absolute Gasteiger partial charge is 0.467 e. The second kappa shape index (κ2) is 7.17. The molecule has 0 bridgehead atoms. The Labute approximate surface area is 170 Å². The molecule has 3 heterocycles. The molecule has 2 unspecified atom stereocenters. The summed E-state index contributed by atoms with van der Waals surface area (Å²) in [6.45, 7) is 4.15. The molecule has 3 aliphatic heterocycles. The van der Waals surface area contributed by atoms with Crippen molar-refractivity contribution in [1.29, 1.82) is 0 Å². The highest BCUT2D eigenvalue weighted by Crippen LogP contribution is 2.44. The summed E-state index contributed by atoms with van der Waals surface area (Å²) in [4.78, 5) is 0. The van der Waals surface area contributed by atoms with Gasteiger partial charge in [-0.15, -0.1) is 0 Å². The molecule has 1 N–H and O–H groups in total. The molecule has 4 aliphatic rings. The van der Waals surface area contributed by atoms with Gasteiger partial charge in [-0.3, -0.25) is 0 Å². The molecule has 5 heteroatoms. The van der Waals surface area contributed by atoms with Crippen LogP contribution in [0.2, 0.25) is 0 Å². The minimum atomic E-state index is 0.335. The summed E-state index contributed by atoms with van der Waals surface area (Å²) in [6.07, 6.45) is 2.34. The number of rotatable bonds is 2. The summed E-state index contributed by atoms with van der Waals surface area (Å²) in [5.41, 5.74) is 7.67. The van der Waals surface area contributed by atoms with Crippen molar-refractivity contribution >= 4 is 5.57 Å². The number of allylic oxidation sites excluding steroid dienone is 1.